The number of anilines is 1. The normalized spacial score (nSPS) is 13.7. The maximum Gasteiger partial charge on any atom is 0.0684 e. The van der Waals surface area contributed by atoms with Crippen LogP contribution in [0, 0.1) is 0 Å². The highest BCUT2D eigenvalue weighted by atomic mass is 16.3. The maximum absolute atomic E-state index is 9.18. The van der Waals surface area contributed by atoms with E-state index in [1.54, 1.807) is 6.92 Å². The Bertz CT molecular complexity index is 313. The van der Waals surface area contributed by atoms with Crippen molar-refractivity contribution in [2.24, 2.45) is 0 Å². The van der Waals surface area contributed by atoms with Crippen LogP contribution in [-0.4, -0.2) is 17.8 Å². The number of nitrogens with one attached hydrogen (secondary N) is 1. The highest BCUT2D eigenvalue weighted by molar-refractivity contribution is 5.47. The SMILES string of the molecule is CC(O)CNc1cccc(C(C)(C)C)c1. The Morgan fingerprint density at radius 3 is 2.53 bits per heavy atom. The Hall–Kier alpha value is -1.02. The van der Waals surface area contributed by atoms with Crippen molar-refractivity contribution in [3.8, 4) is 0 Å². The predicted octanol–water partition coefficient (Wildman–Crippen LogP) is 2.78. The molecule has 0 radical (unpaired) electrons. The fraction of sp³-hybridized carbons (Fsp3) is 0.538. The highest BCUT2D eigenvalue weighted by Gasteiger charge is 2.13. The lowest BCUT2D eigenvalue weighted by Crippen LogP contribution is -2.16. The summed E-state index contributed by atoms with van der Waals surface area (Å²) in [5, 5.41) is 12.4. The minimum absolute atomic E-state index is 0.169. The summed E-state index contributed by atoms with van der Waals surface area (Å²) in [5.41, 5.74) is 2.55. The van der Waals surface area contributed by atoms with Crippen LogP contribution in [0.3, 0.4) is 0 Å². The molecule has 2 heteroatoms. The molecule has 1 unspecified atom stereocenters. The first kappa shape index (κ1) is 12.1. The smallest absolute Gasteiger partial charge is 0.0684 e. The molecule has 0 aliphatic rings. The Kier molecular flexibility index (Phi) is 3.75. The van der Waals surface area contributed by atoms with Crippen LogP contribution in [-0.2, 0) is 5.41 Å². The van der Waals surface area contributed by atoms with E-state index in [0.29, 0.717) is 6.54 Å². The van der Waals surface area contributed by atoms with Gasteiger partial charge >= 0.3 is 0 Å². The maximum atomic E-state index is 9.18. The molecule has 0 amide bonds. The zero-order chi connectivity index (χ0) is 11.5. The summed E-state index contributed by atoms with van der Waals surface area (Å²) in [6.07, 6.45) is -0.316. The van der Waals surface area contributed by atoms with E-state index in [4.69, 9.17) is 0 Å². The van der Waals surface area contributed by atoms with Gasteiger partial charge in [0.25, 0.3) is 0 Å². The topological polar surface area (TPSA) is 32.3 Å². The van der Waals surface area contributed by atoms with Gasteiger partial charge in [-0.2, -0.15) is 0 Å². The van der Waals surface area contributed by atoms with Crippen LogP contribution in [0.15, 0.2) is 24.3 Å². The van der Waals surface area contributed by atoms with Crippen molar-refractivity contribution in [3.63, 3.8) is 0 Å². The molecule has 84 valence electrons. The van der Waals surface area contributed by atoms with Crippen LogP contribution in [0.1, 0.15) is 33.3 Å². The van der Waals surface area contributed by atoms with E-state index in [1.165, 1.54) is 5.56 Å². The summed E-state index contributed by atoms with van der Waals surface area (Å²) in [7, 11) is 0. The van der Waals surface area contributed by atoms with Crippen LogP contribution in [0.4, 0.5) is 5.69 Å². The van der Waals surface area contributed by atoms with Crippen molar-refractivity contribution in [3.05, 3.63) is 29.8 Å². The van der Waals surface area contributed by atoms with E-state index in [2.05, 4.69) is 38.2 Å². The predicted molar refractivity (Wildman–Crippen MR) is 65.3 cm³/mol. The van der Waals surface area contributed by atoms with Crippen LogP contribution < -0.4 is 5.32 Å². The molecule has 1 aromatic carbocycles. The Morgan fingerprint density at radius 1 is 1.33 bits per heavy atom. The first-order valence-corrected chi connectivity index (χ1v) is 5.42. The van der Waals surface area contributed by atoms with Crippen molar-refractivity contribution in [2.45, 2.75) is 39.2 Å². The third kappa shape index (κ3) is 3.92. The first-order valence-electron chi connectivity index (χ1n) is 5.42. The van der Waals surface area contributed by atoms with Gasteiger partial charge < -0.3 is 10.4 Å². The lowest BCUT2D eigenvalue weighted by Gasteiger charge is -2.20. The molecule has 1 rings (SSSR count). The molecule has 15 heavy (non-hydrogen) atoms. The van der Waals surface area contributed by atoms with E-state index >= 15 is 0 Å². The van der Waals surface area contributed by atoms with Gasteiger partial charge in [-0.1, -0.05) is 32.9 Å². The van der Waals surface area contributed by atoms with Gasteiger partial charge in [-0.3, -0.25) is 0 Å². The van der Waals surface area contributed by atoms with Crippen LogP contribution >= 0.6 is 0 Å². The molecule has 1 aromatic rings. The number of aliphatic hydroxyl groups is 1. The fourth-order valence-corrected chi connectivity index (χ4v) is 1.36. The lowest BCUT2D eigenvalue weighted by molar-refractivity contribution is 0.208. The Labute approximate surface area is 92.3 Å². The van der Waals surface area contributed by atoms with E-state index in [9.17, 15) is 5.11 Å². The lowest BCUT2D eigenvalue weighted by atomic mass is 9.87. The monoisotopic (exact) mass is 207 g/mol. The Balaban J connectivity index is 2.75. The second-order valence-electron chi connectivity index (χ2n) is 5.06. The molecule has 0 saturated carbocycles. The van der Waals surface area contributed by atoms with Crippen molar-refractivity contribution < 1.29 is 5.11 Å². The largest absolute Gasteiger partial charge is 0.392 e. The second kappa shape index (κ2) is 4.67. The molecule has 1 atom stereocenters. The van der Waals surface area contributed by atoms with Gasteiger partial charge in [0.05, 0.1) is 6.10 Å². The van der Waals surface area contributed by atoms with Gasteiger partial charge in [-0.05, 0) is 30.0 Å². The minimum Gasteiger partial charge on any atom is -0.392 e. The van der Waals surface area contributed by atoms with Crippen molar-refractivity contribution in [1.29, 1.82) is 0 Å². The molecule has 0 saturated heterocycles. The standard InChI is InChI=1S/C13H21NO/c1-10(15)9-14-12-7-5-6-11(8-12)13(2,3)4/h5-8,10,14-15H,9H2,1-4H3. The third-order valence-electron chi connectivity index (χ3n) is 2.33. The third-order valence-corrected chi connectivity index (χ3v) is 2.33. The average Bonchev–Trinajstić information content (AvgIpc) is 2.14. The van der Waals surface area contributed by atoms with Crippen LogP contribution in [0.5, 0.6) is 0 Å². The molecule has 2 N–H and O–H groups in total. The summed E-state index contributed by atoms with van der Waals surface area (Å²) in [5.74, 6) is 0. The molecular formula is C13H21NO. The van der Waals surface area contributed by atoms with Crippen molar-refractivity contribution in [1.82, 2.24) is 0 Å². The number of rotatable bonds is 3. The molecule has 2 nitrogen and oxygen atoms in total. The zero-order valence-corrected chi connectivity index (χ0v) is 10.0. The second-order valence-corrected chi connectivity index (χ2v) is 5.06. The first-order chi connectivity index (χ1) is 6.89. The summed E-state index contributed by atoms with van der Waals surface area (Å²) >= 11 is 0. The molecule has 0 aliphatic heterocycles. The molecule has 0 heterocycles. The highest BCUT2D eigenvalue weighted by Crippen LogP contribution is 2.24. The minimum atomic E-state index is -0.316. The molecule has 0 aromatic heterocycles. The van der Waals surface area contributed by atoms with Gasteiger partial charge in [0, 0.05) is 12.2 Å². The average molecular weight is 207 g/mol. The van der Waals surface area contributed by atoms with Gasteiger partial charge in [0.1, 0.15) is 0 Å². The van der Waals surface area contributed by atoms with E-state index in [0.717, 1.165) is 5.69 Å². The number of hydrogen-bond acceptors (Lipinski definition) is 2. The van der Waals surface area contributed by atoms with E-state index in [1.807, 2.05) is 12.1 Å². The van der Waals surface area contributed by atoms with Gasteiger partial charge in [0.2, 0.25) is 0 Å². The quantitative estimate of drug-likeness (QED) is 0.798. The molecular weight excluding hydrogens is 186 g/mol. The van der Waals surface area contributed by atoms with E-state index in [-0.39, 0.29) is 11.5 Å². The summed E-state index contributed by atoms with van der Waals surface area (Å²) in [4.78, 5) is 0. The van der Waals surface area contributed by atoms with Gasteiger partial charge in [-0.25, -0.2) is 0 Å². The molecule has 0 spiro atoms. The number of aliphatic hydroxyl groups excluding tert-OH is 1. The fourth-order valence-electron chi connectivity index (χ4n) is 1.36. The molecule has 0 bridgehead atoms. The Morgan fingerprint density at radius 2 is 2.00 bits per heavy atom. The van der Waals surface area contributed by atoms with Gasteiger partial charge in [-0.15, -0.1) is 0 Å². The van der Waals surface area contributed by atoms with Crippen LogP contribution in [0.25, 0.3) is 0 Å². The van der Waals surface area contributed by atoms with Crippen molar-refractivity contribution >= 4 is 5.69 Å². The summed E-state index contributed by atoms with van der Waals surface area (Å²) in [6, 6.07) is 8.35. The van der Waals surface area contributed by atoms with Crippen LogP contribution in [0.2, 0.25) is 0 Å². The molecule has 0 aliphatic carbocycles. The summed E-state index contributed by atoms with van der Waals surface area (Å²) in [6.45, 7) is 8.95. The number of benzene rings is 1. The van der Waals surface area contributed by atoms with E-state index < -0.39 is 0 Å². The number of hydrogen-bond donors (Lipinski definition) is 2. The summed E-state index contributed by atoms with van der Waals surface area (Å²) < 4.78 is 0. The van der Waals surface area contributed by atoms with Gasteiger partial charge in [0.15, 0.2) is 0 Å². The molecule has 0 fully saturated rings. The van der Waals surface area contributed by atoms with Crippen molar-refractivity contribution in [2.75, 3.05) is 11.9 Å². The zero-order valence-electron chi connectivity index (χ0n) is 10.0.